The van der Waals surface area contributed by atoms with Gasteiger partial charge >= 0.3 is 12.5 Å². The Bertz CT molecular complexity index is 292. The zero-order valence-electron chi connectivity index (χ0n) is 6.68. The lowest BCUT2D eigenvalue weighted by atomic mass is 10.3. The maximum absolute atomic E-state index is 12.3. The molecule has 78 valence electrons. The molecule has 0 spiro atoms. The smallest absolute Gasteiger partial charge is 0.452 e. The molecular weight excluding hydrogens is 207 g/mol. The van der Waals surface area contributed by atoms with Crippen molar-refractivity contribution < 1.29 is 26.7 Å². The van der Waals surface area contributed by atoms with E-state index < -0.39 is 18.4 Å². The van der Waals surface area contributed by atoms with Crippen molar-refractivity contribution >= 4 is 0 Å². The molecule has 0 aliphatic rings. The first-order valence-corrected chi connectivity index (χ1v) is 3.52. The topological polar surface area (TPSA) is 9.23 Å². The summed E-state index contributed by atoms with van der Waals surface area (Å²) in [5, 5.41) is 0. The lowest BCUT2D eigenvalue weighted by Crippen LogP contribution is -2.29. The zero-order valence-corrected chi connectivity index (χ0v) is 6.68. The Morgan fingerprint density at radius 3 is 2.00 bits per heavy atom. The molecule has 0 aliphatic heterocycles. The molecule has 0 aromatic heterocycles. The van der Waals surface area contributed by atoms with Gasteiger partial charge < -0.3 is 4.74 Å². The average molecular weight is 212 g/mol. The lowest BCUT2D eigenvalue weighted by molar-refractivity contribution is -0.236. The van der Waals surface area contributed by atoms with E-state index in [1.165, 1.54) is 0 Å². The number of halogens is 5. The Morgan fingerprint density at radius 2 is 1.57 bits per heavy atom. The first-order chi connectivity index (χ1) is 6.39. The van der Waals surface area contributed by atoms with Gasteiger partial charge in [0.1, 0.15) is 11.6 Å². The van der Waals surface area contributed by atoms with E-state index in [-0.39, 0.29) is 5.75 Å². The van der Waals surface area contributed by atoms with Crippen LogP contribution in [0.4, 0.5) is 22.0 Å². The number of alkyl halides is 4. The third kappa shape index (κ3) is 2.86. The summed E-state index contributed by atoms with van der Waals surface area (Å²) in [5.41, 5.74) is 0. The summed E-state index contributed by atoms with van der Waals surface area (Å²) in [6.07, 6.45) is -8.47. The molecule has 1 unspecified atom stereocenters. The van der Waals surface area contributed by atoms with Crippen molar-refractivity contribution in [2.75, 3.05) is 0 Å². The summed E-state index contributed by atoms with van der Waals surface area (Å²) >= 11 is 0. The molecule has 0 radical (unpaired) electrons. The van der Waals surface area contributed by atoms with Crippen LogP contribution in [-0.4, -0.2) is 12.5 Å². The largest absolute Gasteiger partial charge is 0.457 e. The van der Waals surface area contributed by atoms with Gasteiger partial charge in [-0.2, -0.15) is 17.6 Å². The Kier molecular flexibility index (Phi) is 2.93. The van der Waals surface area contributed by atoms with Crippen LogP contribution in [0.15, 0.2) is 24.3 Å². The van der Waals surface area contributed by atoms with Crippen LogP contribution < -0.4 is 4.74 Å². The minimum atomic E-state index is -5.08. The van der Waals surface area contributed by atoms with Gasteiger partial charge in [-0.25, -0.2) is 4.39 Å². The van der Waals surface area contributed by atoms with Gasteiger partial charge in [-0.3, -0.25) is 0 Å². The van der Waals surface area contributed by atoms with Gasteiger partial charge in [0.15, 0.2) is 0 Å². The molecule has 0 N–H and O–H groups in total. The van der Waals surface area contributed by atoms with Crippen LogP contribution in [0.1, 0.15) is 0 Å². The molecule has 0 fully saturated rings. The Balaban J connectivity index is 2.65. The normalized spacial score (nSPS) is 13.8. The van der Waals surface area contributed by atoms with Crippen LogP contribution >= 0.6 is 0 Å². The Labute approximate surface area is 76.1 Å². The van der Waals surface area contributed by atoms with Gasteiger partial charge in [-0.05, 0) is 24.3 Å². The highest BCUT2D eigenvalue weighted by Crippen LogP contribution is 2.25. The quantitative estimate of drug-likeness (QED) is 0.684. The van der Waals surface area contributed by atoms with Gasteiger partial charge in [-0.1, -0.05) is 0 Å². The molecule has 0 saturated heterocycles. The van der Waals surface area contributed by atoms with Gasteiger partial charge in [-0.15, -0.1) is 0 Å². The van der Waals surface area contributed by atoms with Gasteiger partial charge in [0.05, 0.1) is 0 Å². The predicted octanol–water partition coefficient (Wildman–Crippen LogP) is 3.06. The van der Waals surface area contributed by atoms with Crippen LogP contribution in [0.3, 0.4) is 0 Å². The molecule has 1 aromatic carbocycles. The average Bonchev–Trinajstić information content (AvgIpc) is 2.07. The Hall–Kier alpha value is -1.33. The van der Waals surface area contributed by atoms with Crippen LogP contribution in [0.5, 0.6) is 5.75 Å². The number of ether oxygens (including phenoxy) is 1. The minimum absolute atomic E-state index is 0.378. The summed E-state index contributed by atoms with van der Waals surface area (Å²) in [6.45, 7) is 0. The van der Waals surface area contributed by atoms with Crippen molar-refractivity contribution in [3.8, 4) is 5.75 Å². The molecule has 6 heteroatoms. The van der Waals surface area contributed by atoms with Crippen molar-refractivity contribution in [3.63, 3.8) is 0 Å². The molecule has 1 aromatic rings. The fourth-order valence-electron chi connectivity index (χ4n) is 0.699. The summed E-state index contributed by atoms with van der Waals surface area (Å²) in [6, 6.07) is 3.57. The number of benzene rings is 1. The van der Waals surface area contributed by atoms with E-state index in [9.17, 15) is 22.0 Å². The van der Waals surface area contributed by atoms with Crippen molar-refractivity contribution in [2.24, 2.45) is 0 Å². The maximum Gasteiger partial charge on any atom is 0.457 e. The highest BCUT2D eigenvalue weighted by molar-refractivity contribution is 5.22. The van der Waals surface area contributed by atoms with E-state index in [1.54, 1.807) is 0 Å². The van der Waals surface area contributed by atoms with E-state index >= 15 is 0 Å². The predicted molar refractivity (Wildman–Crippen MR) is 38.0 cm³/mol. The summed E-state index contributed by atoms with van der Waals surface area (Å²) < 4.78 is 63.3. The molecule has 1 nitrogen and oxygen atoms in total. The van der Waals surface area contributed by atoms with E-state index in [4.69, 9.17) is 0 Å². The van der Waals surface area contributed by atoms with Crippen molar-refractivity contribution in [1.82, 2.24) is 0 Å². The molecule has 0 amide bonds. The monoisotopic (exact) mass is 212 g/mol. The number of rotatable bonds is 2. The Morgan fingerprint density at radius 1 is 1.07 bits per heavy atom. The third-order valence-corrected chi connectivity index (χ3v) is 1.31. The maximum atomic E-state index is 12.3. The van der Waals surface area contributed by atoms with Gasteiger partial charge in [0.2, 0.25) is 0 Å². The van der Waals surface area contributed by atoms with E-state index in [0.717, 1.165) is 24.3 Å². The van der Waals surface area contributed by atoms with Crippen LogP contribution in [-0.2, 0) is 0 Å². The summed E-state index contributed by atoms with van der Waals surface area (Å²) in [5.74, 6) is -1.02. The number of hydrogen-bond donors (Lipinski definition) is 0. The molecule has 0 bridgehead atoms. The second-order valence-corrected chi connectivity index (χ2v) is 2.43. The highest BCUT2D eigenvalue weighted by atomic mass is 19.4. The fourth-order valence-corrected chi connectivity index (χ4v) is 0.699. The van der Waals surface area contributed by atoms with Crippen LogP contribution in [0.2, 0.25) is 0 Å². The summed E-state index contributed by atoms with van der Waals surface area (Å²) in [4.78, 5) is 0. The van der Waals surface area contributed by atoms with Crippen LogP contribution in [0.25, 0.3) is 0 Å². The lowest BCUT2D eigenvalue weighted by Gasteiger charge is -2.13. The molecule has 14 heavy (non-hydrogen) atoms. The fraction of sp³-hybridized carbons (Fsp3) is 0.250. The van der Waals surface area contributed by atoms with E-state index in [1.807, 2.05) is 0 Å². The SMILES string of the molecule is Fc1ccc(OC(F)C(F)(F)F)cc1. The number of hydrogen-bond acceptors (Lipinski definition) is 1. The molecule has 0 aliphatic carbocycles. The first kappa shape index (κ1) is 10.7. The van der Waals surface area contributed by atoms with Crippen molar-refractivity contribution in [2.45, 2.75) is 12.5 Å². The standard InChI is InChI=1S/C8H5F5O/c9-5-1-3-6(4-2-5)14-7(10)8(11,12)13/h1-4,7H. The molecular formula is C8H5F5O. The molecule has 1 rings (SSSR count). The minimum Gasteiger partial charge on any atom is -0.452 e. The summed E-state index contributed by atoms with van der Waals surface area (Å²) in [7, 11) is 0. The second kappa shape index (κ2) is 3.81. The molecule has 1 atom stereocenters. The third-order valence-electron chi connectivity index (χ3n) is 1.31. The van der Waals surface area contributed by atoms with Crippen molar-refractivity contribution in [3.05, 3.63) is 30.1 Å². The van der Waals surface area contributed by atoms with Crippen LogP contribution in [0, 0.1) is 5.82 Å². The van der Waals surface area contributed by atoms with E-state index in [0.29, 0.717) is 0 Å². The molecule has 0 saturated carbocycles. The van der Waals surface area contributed by atoms with E-state index in [2.05, 4.69) is 4.74 Å². The van der Waals surface area contributed by atoms with Gasteiger partial charge in [0.25, 0.3) is 0 Å². The first-order valence-electron chi connectivity index (χ1n) is 3.52. The van der Waals surface area contributed by atoms with Gasteiger partial charge in [0, 0.05) is 0 Å². The second-order valence-electron chi connectivity index (χ2n) is 2.43. The zero-order chi connectivity index (χ0) is 10.8. The highest BCUT2D eigenvalue weighted by Gasteiger charge is 2.42. The molecule has 0 heterocycles. The van der Waals surface area contributed by atoms with Crippen molar-refractivity contribution in [1.29, 1.82) is 0 Å².